The van der Waals surface area contributed by atoms with Crippen molar-refractivity contribution in [3.8, 4) is 0 Å². The zero-order valence-electron chi connectivity index (χ0n) is 13.9. The van der Waals surface area contributed by atoms with Gasteiger partial charge in [-0.3, -0.25) is 4.90 Å². The molecule has 3 aliphatic rings. The van der Waals surface area contributed by atoms with Crippen LogP contribution in [0.15, 0.2) is 0 Å². The highest BCUT2D eigenvalue weighted by Gasteiger charge is 2.56. The lowest BCUT2D eigenvalue weighted by Crippen LogP contribution is -2.63. The van der Waals surface area contributed by atoms with Crippen LogP contribution in [-0.4, -0.2) is 74.9 Å². The maximum absolute atomic E-state index is 6.00. The minimum absolute atomic E-state index is 0.484. The number of ether oxygens (including phenoxy) is 1. The molecule has 3 rings (SSSR count). The van der Waals surface area contributed by atoms with Crippen LogP contribution in [0.3, 0.4) is 0 Å². The second kappa shape index (κ2) is 6.95. The first-order valence-electron chi connectivity index (χ1n) is 9.00. The molecule has 21 heavy (non-hydrogen) atoms. The third-order valence-corrected chi connectivity index (χ3v) is 6.10. The molecule has 1 heterocycles. The zero-order valence-corrected chi connectivity index (χ0v) is 13.9. The highest BCUT2D eigenvalue weighted by Crippen LogP contribution is 2.54. The molecule has 1 N–H and O–H groups in total. The lowest BCUT2D eigenvalue weighted by molar-refractivity contribution is -0.130. The quantitative estimate of drug-likeness (QED) is 0.805. The molecule has 4 heteroatoms. The average molecular weight is 295 g/mol. The maximum Gasteiger partial charge on any atom is 0.0661 e. The van der Waals surface area contributed by atoms with Gasteiger partial charge in [-0.05, 0) is 33.2 Å². The van der Waals surface area contributed by atoms with Gasteiger partial charge in [0.25, 0.3) is 0 Å². The normalized spacial score (nSPS) is 33.4. The van der Waals surface area contributed by atoms with Crippen LogP contribution in [0.4, 0.5) is 0 Å². The lowest BCUT2D eigenvalue weighted by atomic mass is 9.60. The molecule has 0 aromatic carbocycles. The molecule has 0 radical (unpaired) electrons. The molecule has 1 spiro atoms. The molecule has 0 aromatic heterocycles. The highest BCUT2D eigenvalue weighted by atomic mass is 16.5. The van der Waals surface area contributed by atoms with E-state index >= 15 is 0 Å². The van der Waals surface area contributed by atoms with Crippen molar-refractivity contribution in [2.24, 2.45) is 5.41 Å². The highest BCUT2D eigenvalue weighted by molar-refractivity contribution is 5.09. The van der Waals surface area contributed by atoms with Crippen molar-refractivity contribution in [3.63, 3.8) is 0 Å². The van der Waals surface area contributed by atoms with Gasteiger partial charge in [0.05, 0.1) is 6.10 Å². The molecule has 2 atom stereocenters. The van der Waals surface area contributed by atoms with Gasteiger partial charge < -0.3 is 15.0 Å². The summed E-state index contributed by atoms with van der Waals surface area (Å²) in [6.07, 6.45) is 7.33. The molecule has 0 aromatic rings. The number of nitrogens with one attached hydrogen (secondary N) is 1. The van der Waals surface area contributed by atoms with Crippen LogP contribution in [0, 0.1) is 5.41 Å². The van der Waals surface area contributed by atoms with Crippen molar-refractivity contribution in [2.45, 2.75) is 51.2 Å². The molecule has 1 saturated heterocycles. The van der Waals surface area contributed by atoms with E-state index in [1.807, 2.05) is 0 Å². The molecule has 2 saturated carbocycles. The summed E-state index contributed by atoms with van der Waals surface area (Å²) in [4.78, 5) is 5.03. The van der Waals surface area contributed by atoms with Gasteiger partial charge in [0.1, 0.15) is 0 Å². The van der Waals surface area contributed by atoms with Gasteiger partial charge in [-0.15, -0.1) is 0 Å². The van der Waals surface area contributed by atoms with Gasteiger partial charge in [-0.25, -0.2) is 0 Å². The van der Waals surface area contributed by atoms with Crippen LogP contribution in [0.25, 0.3) is 0 Å². The fraction of sp³-hybridized carbons (Fsp3) is 1.00. The van der Waals surface area contributed by atoms with E-state index in [1.54, 1.807) is 0 Å². The van der Waals surface area contributed by atoms with Crippen molar-refractivity contribution in [1.82, 2.24) is 15.1 Å². The molecule has 2 aliphatic carbocycles. The predicted octanol–water partition coefficient (Wildman–Crippen LogP) is 1.56. The van der Waals surface area contributed by atoms with E-state index in [9.17, 15) is 0 Å². The summed E-state index contributed by atoms with van der Waals surface area (Å²) in [5.74, 6) is 0. The van der Waals surface area contributed by atoms with E-state index in [0.29, 0.717) is 17.6 Å². The molecular weight excluding hydrogens is 262 g/mol. The second-order valence-corrected chi connectivity index (χ2v) is 7.27. The van der Waals surface area contributed by atoms with Crippen molar-refractivity contribution in [2.75, 3.05) is 52.9 Å². The van der Waals surface area contributed by atoms with Crippen LogP contribution in [0.2, 0.25) is 0 Å². The molecule has 4 nitrogen and oxygen atoms in total. The molecule has 3 fully saturated rings. The largest absolute Gasteiger partial charge is 0.378 e. The van der Waals surface area contributed by atoms with Crippen LogP contribution in [-0.2, 0) is 4.74 Å². The first-order valence-corrected chi connectivity index (χ1v) is 9.00. The van der Waals surface area contributed by atoms with E-state index in [-0.39, 0.29) is 0 Å². The van der Waals surface area contributed by atoms with Crippen LogP contribution >= 0.6 is 0 Å². The second-order valence-electron chi connectivity index (χ2n) is 7.27. The number of hydrogen-bond acceptors (Lipinski definition) is 4. The summed E-state index contributed by atoms with van der Waals surface area (Å²) in [5.41, 5.74) is 0.484. The summed E-state index contributed by atoms with van der Waals surface area (Å²) in [5, 5.41) is 3.86. The number of piperazine rings is 1. The van der Waals surface area contributed by atoms with E-state index in [0.717, 1.165) is 13.2 Å². The van der Waals surface area contributed by atoms with Crippen LogP contribution < -0.4 is 5.32 Å². The molecule has 122 valence electrons. The Balaban J connectivity index is 1.41. The Kier molecular flexibility index (Phi) is 5.20. The van der Waals surface area contributed by atoms with Gasteiger partial charge >= 0.3 is 0 Å². The van der Waals surface area contributed by atoms with Crippen molar-refractivity contribution >= 4 is 0 Å². The van der Waals surface area contributed by atoms with Crippen molar-refractivity contribution in [3.05, 3.63) is 0 Å². The van der Waals surface area contributed by atoms with Gasteiger partial charge in [0.2, 0.25) is 0 Å². The minimum atomic E-state index is 0.484. The van der Waals surface area contributed by atoms with E-state index in [2.05, 4.69) is 29.1 Å². The van der Waals surface area contributed by atoms with Gasteiger partial charge in [-0.1, -0.05) is 12.8 Å². The van der Waals surface area contributed by atoms with E-state index < -0.39 is 0 Å². The monoisotopic (exact) mass is 295 g/mol. The Morgan fingerprint density at radius 2 is 1.86 bits per heavy atom. The number of nitrogens with zero attached hydrogens (tertiary/aromatic N) is 2. The summed E-state index contributed by atoms with van der Waals surface area (Å²) in [6, 6.07) is 0.712. The molecular formula is C17H33N3O. The Hall–Kier alpha value is -0.160. The third-order valence-electron chi connectivity index (χ3n) is 6.10. The van der Waals surface area contributed by atoms with E-state index in [4.69, 9.17) is 4.74 Å². The average Bonchev–Trinajstić information content (AvgIpc) is 3.00. The van der Waals surface area contributed by atoms with Crippen molar-refractivity contribution < 1.29 is 4.74 Å². The Morgan fingerprint density at radius 1 is 1.14 bits per heavy atom. The molecule has 2 unspecified atom stereocenters. The molecule has 0 amide bonds. The smallest absolute Gasteiger partial charge is 0.0661 e. The Labute approximate surface area is 130 Å². The zero-order chi connectivity index (χ0) is 14.7. The summed E-state index contributed by atoms with van der Waals surface area (Å²) in [6.45, 7) is 10.3. The Bertz CT molecular complexity index is 322. The first kappa shape index (κ1) is 15.7. The fourth-order valence-electron chi connectivity index (χ4n) is 4.64. The standard InChI is InChI=1S/C17H33N3O/c1-3-21-16-14-15(17(16)6-4-5-7-17)18-8-9-20-12-10-19(2)11-13-20/h15-16,18H,3-14H2,1-2H3. The third kappa shape index (κ3) is 3.29. The van der Waals surface area contributed by atoms with Crippen LogP contribution in [0.5, 0.6) is 0 Å². The maximum atomic E-state index is 6.00. The number of rotatable bonds is 6. The lowest BCUT2D eigenvalue weighted by Gasteiger charge is -2.54. The number of hydrogen-bond donors (Lipinski definition) is 1. The van der Waals surface area contributed by atoms with E-state index in [1.165, 1.54) is 64.8 Å². The molecule has 1 aliphatic heterocycles. The summed E-state index contributed by atoms with van der Waals surface area (Å²) >= 11 is 0. The van der Waals surface area contributed by atoms with Crippen molar-refractivity contribution in [1.29, 1.82) is 0 Å². The van der Waals surface area contributed by atoms with Crippen LogP contribution in [0.1, 0.15) is 39.0 Å². The minimum Gasteiger partial charge on any atom is -0.378 e. The van der Waals surface area contributed by atoms with Gasteiger partial charge in [-0.2, -0.15) is 0 Å². The molecule has 0 bridgehead atoms. The van der Waals surface area contributed by atoms with Gasteiger partial charge in [0, 0.05) is 57.3 Å². The Morgan fingerprint density at radius 3 is 2.52 bits per heavy atom. The number of likely N-dealkylation sites (N-methyl/N-ethyl adjacent to an activating group) is 1. The topological polar surface area (TPSA) is 27.7 Å². The summed E-state index contributed by atoms with van der Waals surface area (Å²) in [7, 11) is 2.22. The predicted molar refractivity (Wildman–Crippen MR) is 86.7 cm³/mol. The first-order chi connectivity index (χ1) is 10.2. The van der Waals surface area contributed by atoms with Gasteiger partial charge in [0.15, 0.2) is 0 Å². The summed E-state index contributed by atoms with van der Waals surface area (Å²) < 4.78 is 6.00. The fourth-order valence-corrected chi connectivity index (χ4v) is 4.64. The SMILES string of the molecule is CCOC1CC(NCCN2CCN(C)CC2)C12CCCC2.